The van der Waals surface area contributed by atoms with E-state index in [0.29, 0.717) is 5.78 Å². The number of ketones is 1. The number of benzene rings is 1. The van der Waals surface area contributed by atoms with Crippen molar-refractivity contribution in [1.82, 2.24) is 0 Å². The van der Waals surface area contributed by atoms with Crippen LogP contribution in [0.15, 0.2) is 18.2 Å². The summed E-state index contributed by atoms with van der Waals surface area (Å²) in [4.78, 5) is 12.7. The Bertz CT molecular complexity index is 512. The van der Waals surface area contributed by atoms with E-state index >= 15 is 0 Å². The number of hydrogen-bond donors (Lipinski definition) is 0. The van der Waals surface area contributed by atoms with Gasteiger partial charge in [-0.2, -0.15) is 0 Å². The van der Waals surface area contributed by atoms with Gasteiger partial charge in [0.05, 0.1) is 5.60 Å². The summed E-state index contributed by atoms with van der Waals surface area (Å²) in [5.74, 6) is 0.478. The minimum atomic E-state index is 0.0261. The van der Waals surface area contributed by atoms with Crippen molar-refractivity contribution >= 4 is 5.78 Å². The topological polar surface area (TPSA) is 26.3 Å². The number of carbonyl (C=O) groups is 1. The van der Waals surface area contributed by atoms with E-state index in [0.717, 1.165) is 37.9 Å². The Morgan fingerprint density at radius 1 is 1.20 bits per heavy atom. The number of aryl methyl sites for hydroxylation is 2. The van der Waals surface area contributed by atoms with Gasteiger partial charge < -0.3 is 4.74 Å². The Labute approximate surface area is 121 Å². The molecule has 1 aromatic carbocycles. The molecule has 0 N–H and O–H groups in total. The van der Waals surface area contributed by atoms with Gasteiger partial charge in [-0.1, -0.05) is 25.0 Å². The number of hydrogen-bond acceptors (Lipinski definition) is 2. The fourth-order valence-electron chi connectivity index (χ4n) is 3.75. The van der Waals surface area contributed by atoms with Crippen LogP contribution >= 0.6 is 0 Å². The van der Waals surface area contributed by atoms with Gasteiger partial charge in [-0.3, -0.25) is 4.79 Å². The molecule has 1 saturated heterocycles. The summed E-state index contributed by atoms with van der Waals surface area (Å²) in [6.45, 7) is 4.92. The Kier molecular flexibility index (Phi) is 3.68. The van der Waals surface area contributed by atoms with Crippen LogP contribution in [0.2, 0.25) is 0 Å². The van der Waals surface area contributed by atoms with Crippen LogP contribution in [-0.4, -0.2) is 18.0 Å². The van der Waals surface area contributed by atoms with Crippen LogP contribution < -0.4 is 0 Å². The first-order valence-corrected chi connectivity index (χ1v) is 7.85. The first-order valence-electron chi connectivity index (χ1n) is 7.85. The summed E-state index contributed by atoms with van der Waals surface area (Å²) in [6.07, 6.45) is 6.61. The van der Waals surface area contributed by atoms with Crippen LogP contribution in [0.5, 0.6) is 0 Å². The molecule has 0 bridgehead atoms. The fourth-order valence-corrected chi connectivity index (χ4v) is 3.75. The van der Waals surface area contributed by atoms with E-state index in [1.54, 1.807) is 0 Å². The molecular weight excluding hydrogens is 248 g/mol. The number of ether oxygens (including phenoxy) is 1. The van der Waals surface area contributed by atoms with E-state index in [1.165, 1.54) is 24.0 Å². The van der Waals surface area contributed by atoms with Gasteiger partial charge in [0.15, 0.2) is 5.78 Å². The molecule has 2 fully saturated rings. The van der Waals surface area contributed by atoms with E-state index in [2.05, 4.69) is 26.0 Å². The monoisotopic (exact) mass is 272 g/mol. The first kappa shape index (κ1) is 13.8. The predicted molar refractivity (Wildman–Crippen MR) is 80.1 cm³/mol. The Hall–Kier alpha value is -1.15. The zero-order valence-electron chi connectivity index (χ0n) is 12.6. The molecule has 3 rings (SSSR count). The van der Waals surface area contributed by atoms with Gasteiger partial charge >= 0.3 is 0 Å². The Balaban J connectivity index is 1.77. The predicted octanol–water partition coefficient (Wildman–Crippen LogP) is 4.23. The summed E-state index contributed by atoms with van der Waals surface area (Å²) < 4.78 is 6.03. The Morgan fingerprint density at radius 3 is 2.65 bits per heavy atom. The molecule has 2 heteroatoms. The number of carbonyl (C=O) groups excluding carboxylic acids is 1. The van der Waals surface area contributed by atoms with Crippen molar-refractivity contribution in [2.45, 2.75) is 58.0 Å². The molecule has 0 radical (unpaired) electrons. The van der Waals surface area contributed by atoms with E-state index in [4.69, 9.17) is 4.74 Å². The minimum Gasteiger partial charge on any atom is -0.375 e. The molecule has 1 saturated carbocycles. The van der Waals surface area contributed by atoms with E-state index in [-0.39, 0.29) is 11.5 Å². The molecule has 108 valence electrons. The summed E-state index contributed by atoms with van der Waals surface area (Å²) in [6, 6.07) is 6.10. The third kappa shape index (κ3) is 2.54. The second-order valence-electron chi connectivity index (χ2n) is 6.59. The smallest absolute Gasteiger partial charge is 0.166 e. The average Bonchev–Trinajstić information content (AvgIpc) is 2.89. The first-order chi connectivity index (χ1) is 9.60. The standard InChI is InChI=1S/C18H24O2/c1-13-5-6-15(11-14(13)2)17(19)16-7-10-20-18(12-16)8-3-4-9-18/h5-6,11,16H,3-4,7-10,12H2,1-2H3. The van der Waals surface area contributed by atoms with Crippen molar-refractivity contribution < 1.29 is 9.53 Å². The zero-order valence-corrected chi connectivity index (χ0v) is 12.6. The highest BCUT2D eigenvalue weighted by atomic mass is 16.5. The molecule has 0 amide bonds. The average molecular weight is 272 g/mol. The summed E-state index contributed by atoms with van der Waals surface area (Å²) >= 11 is 0. The highest BCUT2D eigenvalue weighted by Crippen LogP contribution is 2.42. The molecule has 1 aromatic rings. The highest BCUT2D eigenvalue weighted by Gasteiger charge is 2.41. The van der Waals surface area contributed by atoms with Crippen molar-refractivity contribution in [3.63, 3.8) is 0 Å². The largest absolute Gasteiger partial charge is 0.375 e. The molecule has 1 spiro atoms. The number of rotatable bonds is 2. The van der Waals surface area contributed by atoms with Crippen LogP contribution in [0.4, 0.5) is 0 Å². The van der Waals surface area contributed by atoms with Gasteiger partial charge in [0, 0.05) is 18.1 Å². The molecule has 1 aliphatic heterocycles. The maximum Gasteiger partial charge on any atom is 0.166 e. The summed E-state index contributed by atoms with van der Waals surface area (Å²) in [5, 5.41) is 0. The van der Waals surface area contributed by atoms with Gasteiger partial charge in [0.25, 0.3) is 0 Å². The zero-order chi connectivity index (χ0) is 14.2. The summed E-state index contributed by atoms with van der Waals surface area (Å²) in [5.41, 5.74) is 3.37. The summed E-state index contributed by atoms with van der Waals surface area (Å²) in [7, 11) is 0. The van der Waals surface area contributed by atoms with Crippen LogP contribution in [0.3, 0.4) is 0 Å². The minimum absolute atomic E-state index is 0.0261. The molecule has 0 aromatic heterocycles. The molecule has 2 nitrogen and oxygen atoms in total. The maximum absolute atomic E-state index is 12.7. The van der Waals surface area contributed by atoms with Crippen molar-refractivity contribution in [3.8, 4) is 0 Å². The quantitative estimate of drug-likeness (QED) is 0.753. The van der Waals surface area contributed by atoms with Gasteiger partial charge in [-0.15, -0.1) is 0 Å². The van der Waals surface area contributed by atoms with Crippen molar-refractivity contribution in [2.24, 2.45) is 5.92 Å². The SMILES string of the molecule is Cc1ccc(C(=O)C2CCOC3(CCCC3)C2)cc1C. The molecular formula is C18H24O2. The van der Waals surface area contributed by atoms with E-state index < -0.39 is 0 Å². The second-order valence-corrected chi connectivity index (χ2v) is 6.59. The van der Waals surface area contributed by atoms with Crippen LogP contribution in [0.1, 0.15) is 60.0 Å². The van der Waals surface area contributed by atoms with Gasteiger partial charge in [0.2, 0.25) is 0 Å². The van der Waals surface area contributed by atoms with Crippen molar-refractivity contribution in [2.75, 3.05) is 6.61 Å². The van der Waals surface area contributed by atoms with Gasteiger partial charge in [0.1, 0.15) is 0 Å². The number of Topliss-reactive ketones (excluding diaryl/α,β-unsaturated/α-hetero) is 1. The van der Waals surface area contributed by atoms with E-state index in [9.17, 15) is 4.79 Å². The normalized spacial score (nSPS) is 25.0. The lowest BCUT2D eigenvalue weighted by atomic mass is 9.80. The highest BCUT2D eigenvalue weighted by molar-refractivity contribution is 5.98. The molecule has 20 heavy (non-hydrogen) atoms. The third-order valence-electron chi connectivity index (χ3n) is 5.17. The molecule has 1 heterocycles. The molecule has 2 aliphatic rings. The lowest BCUT2D eigenvalue weighted by Crippen LogP contribution is -2.39. The van der Waals surface area contributed by atoms with Crippen LogP contribution in [-0.2, 0) is 4.74 Å². The molecule has 1 atom stereocenters. The lowest BCUT2D eigenvalue weighted by molar-refractivity contribution is -0.0866. The van der Waals surface area contributed by atoms with Gasteiger partial charge in [-0.25, -0.2) is 0 Å². The van der Waals surface area contributed by atoms with E-state index in [1.807, 2.05) is 6.07 Å². The molecule has 1 unspecified atom stereocenters. The van der Waals surface area contributed by atoms with Crippen LogP contribution in [0.25, 0.3) is 0 Å². The van der Waals surface area contributed by atoms with Crippen LogP contribution in [0, 0.1) is 19.8 Å². The Morgan fingerprint density at radius 2 is 1.95 bits per heavy atom. The second kappa shape index (κ2) is 5.33. The van der Waals surface area contributed by atoms with Crippen molar-refractivity contribution in [3.05, 3.63) is 34.9 Å². The molecule has 1 aliphatic carbocycles. The maximum atomic E-state index is 12.7. The van der Waals surface area contributed by atoms with Gasteiger partial charge in [-0.05, 0) is 56.7 Å². The van der Waals surface area contributed by atoms with Crippen molar-refractivity contribution in [1.29, 1.82) is 0 Å². The lowest BCUT2D eigenvalue weighted by Gasteiger charge is -2.37. The fraction of sp³-hybridized carbons (Fsp3) is 0.611. The third-order valence-corrected chi connectivity index (χ3v) is 5.17.